The number of esters is 1. The van der Waals surface area contributed by atoms with Gasteiger partial charge in [0.25, 0.3) is 11.8 Å². The second-order valence-electron chi connectivity index (χ2n) is 14.0. The Kier molecular flexibility index (Phi) is 15.7. The lowest BCUT2D eigenvalue weighted by Gasteiger charge is -2.33. The number of halogens is 9. The molecular formula is C42H40F9N7O5. The molecule has 63 heavy (non-hydrogen) atoms. The van der Waals surface area contributed by atoms with Gasteiger partial charge in [0.05, 0.1) is 28.4 Å². The Morgan fingerprint density at radius 1 is 0.603 bits per heavy atom. The van der Waals surface area contributed by atoms with Gasteiger partial charge in [0, 0.05) is 51.4 Å². The number of benzene rings is 3. The number of nitrogens with one attached hydrogen (secondary N) is 2. The van der Waals surface area contributed by atoms with Crippen LogP contribution in [0.15, 0.2) is 103 Å². The molecule has 1 fully saturated rings. The number of ether oxygens (including phenoxy) is 1. The summed E-state index contributed by atoms with van der Waals surface area (Å²) in [6.45, 7) is -0.0556. The average Bonchev–Trinajstić information content (AvgIpc) is 3.92. The number of carbonyl (C=O) groups is 4. The minimum Gasteiger partial charge on any atom is -0.427 e. The molecule has 1 aliphatic rings. The van der Waals surface area contributed by atoms with Crippen molar-refractivity contribution in [1.29, 1.82) is 0 Å². The predicted octanol–water partition coefficient (Wildman–Crippen LogP) is 8.21. The van der Waals surface area contributed by atoms with Crippen LogP contribution in [0.4, 0.5) is 39.5 Å². The Morgan fingerprint density at radius 2 is 1.02 bits per heavy atom. The summed E-state index contributed by atoms with van der Waals surface area (Å²) >= 11 is 0. The molecule has 0 spiro atoms. The van der Waals surface area contributed by atoms with E-state index in [1.54, 1.807) is 78.9 Å². The van der Waals surface area contributed by atoms with Crippen molar-refractivity contribution in [3.63, 3.8) is 0 Å². The van der Waals surface area contributed by atoms with E-state index in [0.29, 0.717) is 17.1 Å². The zero-order valence-electron chi connectivity index (χ0n) is 33.1. The average molecular weight is 894 g/mol. The lowest BCUT2D eigenvalue weighted by atomic mass is 9.96. The van der Waals surface area contributed by atoms with Gasteiger partial charge in [0.2, 0.25) is 5.91 Å². The van der Waals surface area contributed by atoms with Crippen LogP contribution in [0.3, 0.4) is 0 Å². The van der Waals surface area contributed by atoms with E-state index in [4.69, 9.17) is 4.74 Å². The van der Waals surface area contributed by atoms with E-state index in [9.17, 15) is 58.7 Å². The first-order valence-electron chi connectivity index (χ1n) is 19.4. The number of carbonyl (C=O) groups excluding carboxylic acids is 4. The summed E-state index contributed by atoms with van der Waals surface area (Å²) in [5, 5.41) is 11.8. The maximum atomic E-state index is 13.4. The summed E-state index contributed by atoms with van der Waals surface area (Å²) in [6.07, 6.45) is -11.9. The molecule has 0 unspecified atom stereocenters. The van der Waals surface area contributed by atoms with Crippen molar-refractivity contribution in [2.75, 3.05) is 26.2 Å². The van der Waals surface area contributed by atoms with Gasteiger partial charge in [0.15, 0.2) is 11.4 Å². The van der Waals surface area contributed by atoms with Crippen molar-refractivity contribution in [2.45, 2.75) is 57.1 Å². The highest BCUT2D eigenvalue weighted by Gasteiger charge is 2.42. The van der Waals surface area contributed by atoms with E-state index in [0.717, 1.165) is 21.8 Å². The van der Waals surface area contributed by atoms with E-state index in [1.165, 1.54) is 17.0 Å². The number of para-hydroxylation sites is 3. The van der Waals surface area contributed by atoms with E-state index in [2.05, 4.69) is 20.8 Å². The van der Waals surface area contributed by atoms with Gasteiger partial charge in [-0.1, -0.05) is 54.6 Å². The first-order chi connectivity index (χ1) is 29.8. The predicted molar refractivity (Wildman–Crippen MR) is 208 cm³/mol. The number of piperidine rings is 1. The fourth-order valence-electron chi connectivity index (χ4n) is 6.28. The van der Waals surface area contributed by atoms with Gasteiger partial charge in [-0.15, -0.1) is 0 Å². The van der Waals surface area contributed by atoms with Gasteiger partial charge in [0.1, 0.15) is 5.75 Å². The summed E-state index contributed by atoms with van der Waals surface area (Å²) in [5.41, 5.74) is -3.09. The molecule has 2 N–H and O–H groups in total. The van der Waals surface area contributed by atoms with E-state index < -0.39 is 64.7 Å². The molecule has 12 nitrogen and oxygen atoms in total. The molecule has 6 rings (SSSR count). The maximum Gasteiger partial charge on any atom is 0.435 e. The number of amides is 3. The van der Waals surface area contributed by atoms with Gasteiger partial charge in [-0.25, -0.2) is 9.36 Å². The first-order valence-corrected chi connectivity index (χ1v) is 19.4. The number of rotatable bonds is 13. The molecule has 0 aliphatic carbocycles. The standard InChI is InChI=1S/C21H22F6N4O2.C21H18F3N3O3/c22-20(23,24)14-8-11-30(12-9-14)17(32)7-4-10-28-19(33)16-13-31(15-5-2-1-3-6-15)29-18(16)21(25,26)27;22-21(23,24)19-17(14-27(26-19)15-8-3-1-4-9-15)20(29)25-13-7-12-18(28)30-16-10-5-2-6-11-16/h1-3,5-6,13-14H,4,7-12H2,(H,28,33);1-6,8-11,14H,7,12-13H2,(H,25,29). The highest BCUT2D eigenvalue weighted by Crippen LogP contribution is 2.35. The molecule has 0 atom stereocenters. The summed E-state index contributed by atoms with van der Waals surface area (Å²) in [5.74, 6) is -3.76. The Hall–Kier alpha value is -6.67. The van der Waals surface area contributed by atoms with Gasteiger partial charge in [-0.2, -0.15) is 49.7 Å². The largest absolute Gasteiger partial charge is 0.435 e. The van der Waals surface area contributed by atoms with Gasteiger partial charge >= 0.3 is 24.5 Å². The van der Waals surface area contributed by atoms with E-state index in [1.807, 2.05) is 0 Å². The van der Waals surface area contributed by atoms with Crippen molar-refractivity contribution in [3.8, 4) is 17.1 Å². The summed E-state index contributed by atoms with van der Waals surface area (Å²) in [4.78, 5) is 50.0. The van der Waals surface area contributed by atoms with Crippen molar-refractivity contribution < 1.29 is 63.4 Å². The van der Waals surface area contributed by atoms with Crippen molar-refractivity contribution >= 4 is 23.7 Å². The molecule has 2 aromatic heterocycles. The number of alkyl halides is 9. The Bertz CT molecular complexity index is 2290. The van der Waals surface area contributed by atoms with Crippen molar-refractivity contribution in [3.05, 3.63) is 126 Å². The number of aromatic nitrogens is 4. The monoisotopic (exact) mass is 893 g/mol. The fourth-order valence-corrected chi connectivity index (χ4v) is 6.28. The molecule has 0 radical (unpaired) electrons. The van der Waals surface area contributed by atoms with Gasteiger partial charge < -0.3 is 20.3 Å². The van der Waals surface area contributed by atoms with Crippen LogP contribution in [0.2, 0.25) is 0 Å². The third-order valence-corrected chi connectivity index (χ3v) is 9.48. The molecule has 3 amide bonds. The Labute approximate surface area is 354 Å². The second kappa shape index (κ2) is 20.9. The number of nitrogens with zero attached hydrogens (tertiary/aromatic N) is 5. The van der Waals surface area contributed by atoms with Crippen LogP contribution in [0, 0.1) is 5.92 Å². The topological polar surface area (TPSA) is 140 Å². The molecule has 3 heterocycles. The molecule has 0 saturated carbocycles. The summed E-state index contributed by atoms with van der Waals surface area (Å²) in [6, 6.07) is 24.6. The number of hydrogen-bond donors (Lipinski definition) is 2. The summed E-state index contributed by atoms with van der Waals surface area (Å²) in [7, 11) is 0. The quantitative estimate of drug-likeness (QED) is 0.0526. The highest BCUT2D eigenvalue weighted by atomic mass is 19.4. The molecule has 336 valence electrons. The third-order valence-electron chi connectivity index (χ3n) is 9.48. The number of likely N-dealkylation sites (tertiary alicyclic amines) is 1. The maximum absolute atomic E-state index is 13.4. The second-order valence-corrected chi connectivity index (χ2v) is 14.0. The fraction of sp³-hybridized carbons (Fsp3) is 0.333. The SMILES string of the molecule is O=C(CCCNC(=O)c1cn(-c2ccccc2)nc1C(F)(F)F)Oc1ccccc1.O=C(NCCCC(=O)N1CCC(C(F)(F)F)CC1)c1cn(-c2ccccc2)nc1C(F)(F)F. The molecule has 3 aromatic carbocycles. The Balaban J connectivity index is 0.000000239. The van der Waals surface area contributed by atoms with Crippen LogP contribution in [0.25, 0.3) is 11.4 Å². The van der Waals surface area contributed by atoms with Crippen LogP contribution in [-0.2, 0) is 21.9 Å². The minimum atomic E-state index is -4.84. The van der Waals surface area contributed by atoms with E-state index in [-0.39, 0.29) is 70.6 Å². The van der Waals surface area contributed by atoms with E-state index >= 15 is 0 Å². The zero-order chi connectivity index (χ0) is 45.8. The molecule has 1 saturated heterocycles. The van der Waals surface area contributed by atoms with Gasteiger partial charge in [-0.3, -0.25) is 19.2 Å². The molecule has 21 heteroatoms. The van der Waals surface area contributed by atoms with Crippen LogP contribution in [0.5, 0.6) is 5.75 Å². The minimum absolute atomic E-state index is 0.00296. The van der Waals surface area contributed by atoms with Crippen LogP contribution in [-0.4, -0.2) is 80.5 Å². The molecule has 0 bridgehead atoms. The molecular weight excluding hydrogens is 853 g/mol. The molecule has 5 aromatic rings. The number of hydrogen-bond acceptors (Lipinski definition) is 7. The van der Waals surface area contributed by atoms with Crippen molar-refractivity contribution in [2.24, 2.45) is 5.92 Å². The highest BCUT2D eigenvalue weighted by molar-refractivity contribution is 5.96. The van der Waals surface area contributed by atoms with Crippen LogP contribution >= 0.6 is 0 Å². The first kappa shape index (κ1) is 47.4. The van der Waals surface area contributed by atoms with Crippen LogP contribution < -0.4 is 15.4 Å². The lowest BCUT2D eigenvalue weighted by molar-refractivity contribution is -0.186. The van der Waals surface area contributed by atoms with Crippen molar-refractivity contribution in [1.82, 2.24) is 35.1 Å². The van der Waals surface area contributed by atoms with Crippen LogP contribution in [0.1, 0.15) is 70.6 Å². The summed E-state index contributed by atoms with van der Waals surface area (Å²) < 4.78 is 125. The molecule has 1 aliphatic heterocycles. The smallest absolute Gasteiger partial charge is 0.427 e. The normalized spacial score (nSPS) is 13.4. The Morgan fingerprint density at radius 3 is 1.43 bits per heavy atom. The lowest BCUT2D eigenvalue weighted by Crippen LogP contribution is -2.42. The third kappa shape index (κ3) is 13.7. The van der Waals surface area contributed by atoms with Gasteiger partial charge in [-0.05, 0) is 62.1 Å². The zero-order valence-corrected chi connectivity index (χ0v) is 33.1.